The van der Waals surface area contributed by atoms with Crippen LogP contribution in [-0.2, 0) is 11.3 Å². The van der Waals surface area contributed by atoms with Crippen molar-refractivity contribution in [2.24, 2.45) is 0 Å². The van der Waals surface area contributed by atoms with E-state index >= 15 is 0 Å². The molecule has 0 aliphatic heterocycles. The number of methoxy groups -OCH3 is 1. The summed E-state index contributed by atoms with van der Waals surface area (Å²) >= 11 is 0. The standard InChI is InChI=1S/C21H23N3O2/c1-15-13-24-21-17(9-6-10-18(21)26-2)20(15)22-12-11-19(25)23-14-16-7-4-3-5-8-16/h3-10,13H,11-12,14H2,1-2H3,(H,22,24)(H,23,25). The first kappa shape index (κ1) is 17.7. The van der Waals surface area contributed by atoms with E-state index in [1.54, 1.807) is 7.11 Å². The van der Waals surface area contributed by atoms with Gasteiger partial charge in [-0.15, -0.1) is 0 Å². The van der Waals surface area contributed by atoms with E-state index in [0.717, 1.165) is 33.5 Å². The third-order valence-electron chi connectivity index (χ3n) is 4.26. The molecule has 0 aliphatic carbocycles. The Hall–Kier alpha value is -3.08. The summed E-state index contributed by atoms with van der Waals surface area (Å²) in [6, 6.07) is 15.7. The van der Waals surface area contributed by atoms with Crippen molar-refractivity contribution >= 4 is 22.5 Å². The van der Waals surface area contributed by atoms with Gasteiger partial charge in [-0.3, -0.25) is 9.78 Å². The topological polar surface area (TPSA) is 63.2 Å². The van der Waals surface area contributed by atoms with Crippen LogP contribution in [0.2, 0.25) is 0 Å². The summed E-state index contributed by atoms with van der Waals surface area (Å²) in [6.45, 7) is 3.11. The highest BCUT2D eigenvalue weighted by atomic mass is 16.5. The van der Waals surface area contributed by atoms with Crippen molar-refractivity contribution in [1.82, 2.24) is 10.3 Å². The predicted molar refractivity (Wildman–Crippen MR) is 104 cm³/mol. The van der Waals surface area contributed by atoms with Gasteiger partial charge in [0.15, 0.2) is 0 Å². The molecule has 5 nitrogen and oxygen atoms in total. The molecule has 134 valence electrons. The Labute approximate surface area is 153 Å². The number of amides is 1. The van der Waals surface area contributed by atoms with Crippen LogP contribution in [0.5, 0.6) is 5.75 Å². The average molecular weight is 349 g/mol. The molecule has 2 aromatic carbocycles. The van der Waals surface area contributed by atoms with Gasteiger partial charge in [0.1, 0.15) is 11.3 Å². The van der Waals surface area contributed by atoms with Crippen molar-refractivity contribution in [2.75, 3.05) is 19.0 Å². The zero-order chi connectivity index (χ0) is 18.4. The second-order valence-corrected chi connectivity index (χ2v) is 6.11. The van der Waals surface area contributed by atoms with E-state index in [1.807, 2.05) is 61.7 Å². The van der Waals surface area contributed by atoms with E-state index in [2.05, 4.69) is 15.6 Å². The number of fused-ring (bicyclic) bond motifs is 1. The highest BCUT2D eigenvalue weighted by molar-refractivity contribution is 5.96. The third-order valence-corrected chi connectivity index (χ3v) is 4.26. The van der Waals surface area contributed by atoms with Gasteiger partial charge in [0.25, 0.3) is 0 Å². The molecule has 0 radical (unpaired) electrons. The number of carbonyl (C=O) groups is 1. The van der Waals surface area contributed by atoms with E-state index in [1.165, 1.54) is 0 Å². The van der Waals surface area contributed by atoms with Crippen molar-refractivity contribution in [1.29, 1.82) is 0 Å². The largest absolute Gasteiger partial charge is 0.494 e. The molecule has 0 saturated heterocycles. The van der Waals surface area contributed by atoms with Gasteiger partial charge in [-0.1, -0.05) is 42.5 Å². The Morgan fingerprint density at radius 2 is 1.92 bits per heavy atom. The highest BCUT2D eigenvalue weighted by Crippen LogP contribution is 2.30. The molecule has 5 heteroatoms. The molecule has 0 fully saturated rings. The van der Waals surface area contributed by atoms with Crippen LogP contribution in [0.3, 0.4) is 0 Å². The summed E-state index contributed by atoms with van der Waals surface area (Å²) in [5.41, 5.74) is 3.94. The molecule has 0 atom stereocenters. The summed E-state index contributed by atoms with van der Waals surface area (Å²) in [4.78, 5) is 16.5. The molecular formula is C21H23N3O2. The van der Waals surface area contributed by atoms with Gasteiger partial charge in [0.2, 0.25) is 5.91 Å². The first-order chi connectivity index (χ1) is 12.7. The second kappa shape index (κ2) is 8.34. The molecule has 1 aromatic heterocycles. The Bertz CT molecular complexity index is 894. The van der Waals surface area contributed by atoms with E-state index < -0.39 is 0 Å². The van der Waals surface area contributed by atoms with E-state index in [4.69, 9.17) is 4.74 Å². The van der Waals surface area contributed by atoms with Crippen molar-refractivity contribution in [2.45, 2.75) is 19.9 Å². The van der Waals surface area contributed by atoms with Crippen molar-refractivity contribution in [3.8, 4) is 5.75 Å². The summed E-state index contributed by atoms with van der Waals surface area (Å²) in [7, 11) is 1.64. The number of ether oxygens (including phenoxy) is 1. The van der Waals surface area contributed by atoms with Crippen molar-refractivity contribution in [3.63, 3.8) is 0 Å². The van der Waals surface area contributed by atoms with Crippen LogP contribution in [0.25, 0.3) is 10.9 Å². The molecule has 2 N–H and O–H groups in total. The van der Waals surface area contributed by atoms with Crippen molar-refractivity contribution in [3.05, 3.63) is 65.9 Å². The SMILES string of the molecule is COc1cccc2c(NCCC(=O)NCc3ccccc3)c(C)cnc12. The summed E-state index contributed by atoms with van der Waals surface area (Å²) < 4.78 is 5.38. The van der Waals surface area contributed by atoms with E-state index in [0.29, 0.717) is 19.5 Å². The van der Waals surface area contributed by atoms with E-state index in [-0.39, 0.29) is 5.91 Å². The lowest BCUT2D eigenvalue weighted by molar-refractivity contribution is -0.121. The molecule has 1 heterocycles. The number of anilines is 1. The minimum Gasteiger partial charge on any atom is -0.494 e. The summed E-state index contributed by atoms with van der Waals surface area (Å²) in [6.07, 6.45) is 2.22. The van der Waals surface area contributed by atoms with Gasteiger partial charge in [-0.2, -0.15) is 0 Å². The summed E-state index contributed by atoms with van der Waals surface area (Å²) in [5.74, 6) is 0.765. The summed E-state index contributed by atoms with van der Waals surface area (Å²) in [5, 5.41) is 7.32. The fourth-order valence-corrected chi connectivity index (χ4v) is 2.88. The smallest absolute Gasteiger partial charge is 0.222 e. The van der Waals surface area contributed by atoms with Gasteiger partial charge in [0, 0.05) is 36.8 Å². The Kier molecular flexibility index (Phi) is 5.69. The van der Waals surface area contributed by atoms with Crippen molar-refractivity contribution < 1.29 is 9.53 Å². The highest BCUT2D eigenvalue weighted by Gasteiger charge is 2.10. The molecule has 3 aromatic rings. The van der Waals surface area contributed by atoms with Crippen LogP contribution >= 0.6 is 0 Å². The normalized spacial score (nSPS) is 10.5. The first-order valence-corrected chi connectivity index (χ1v) is 8.66. The number of hydrogen-bond acceptors (Lipinski definition) is 4. The maximum Gasteiger partial charge on any atom is 0.222 e. The number of aryl methyl sites for hydroxylation is 1. The number of aromatic nitrogens is 1. The maximum atomic E-state index is 12.1. The molecule has 0 bridgehead atoms. The third kappa shape index (κ3) is 4.11. The number of nitrogens with one attached hydrogen (secondary N) is 2. The number of pyridine rings is 1. The van der Waals surface area contributed by atoms with Crippen LogP contribution in [0.15, 0.2) is 54.7 Å². The number of benzene rings is 2. The zero-order valence-electron chi connectivity index (χ0n) is 15.1. The Morgan fingerprint density at radius 1 is 1.12 bits per heavy atom. The molecule has 0 saturated carbocycles. The molecule has 3 rings (SSSR count). The maximum absolute atomic E-state index is 12.1. The number of carbonyl (C=O) groups excluding carboxylic acids is 1. The Balaban J connectivity index is 1.61. The molecule has 0 aliphatic rings. The minimum atomic E-state index is 0.0231. The van der Waals surface area contributed by atoms with E-state index in [9.17, 15) is 4.79 Å². The van der Waals surface area contributed by atoms with Gasteiger partial charge in [-0.05, 0) is 24.1 Å². The predicted octanol–water partition coefficient (Wildman–Crippen LogP) is 3.67. The van der Waals surface area contributed by atoms with Crippen LogP contribution in [0.1, 0.15) is 17.5 Å². The number of para-hydroxylation sites is 1. The fraction of sp³-hybridized carbons (Fsp3) is 0.238. The minimum absolute atomic E-state index is 0.0231. The van der Waals surface area contributed by atoms with Gasteiger partial charge < -0.3 is 15.4 Å². The number of rotatable bonds is 7. The molecule has 1 amide bonds. The fourth-order valence-electron chi connectivity index (χ4n) is 2.88. The van der Waals surface area contributed by atoms with Crippen LogP contribution in [0.4, 0.5) is 5.69 Å². The average Bonchev–Trinajstić information content (AvgIpc) is 2.68. The second-order valence-electron chi connectivity index (χ2n) is 6.11. The number of nitrogens with zero attached hydrogens (tertiary/aromatic N) is 1. The quantitative estimate of drug-likeness (QED) is 0.683. The van der Waals surface area contributed by atoms with Gasteiger partial charge in [-0.25, -0.2) is 0 Å². The monoisotopic (exact) mass is 349 g/mol. The first-order valence-electron chi connectivity index (χ1n) is 8.66. The lowest BCUT2D eigenvalue weighted by Crippen LogP contribution is -2.25. The van der Waals surface area contributed by atoms with Gasteiger partial charge in [0.05, 0.1) is 7.11 Å². The van der Waals surface area contributed by atoms with Crippen LogP contribution in [0, 0.1) is 6.92 Å². The van der Waals surface area contributed by atoms with Crippen LogP contribution in [-0.4, -0.2) is 24.5 Å². The molecule has 0 unspecified atom stereocenters. The number of hydrogen-bond donors (Lipinski definition) is 2. The van der Waals surface area contributed by atoms with Crippen LogP contribution < -0.4 is 15.4 Å². The lowest BCUT2D eigenvalue weighted by atomic mass is 10.1. The Morgan fingerprint density at radius 3 is 2.69 bits per heavy atom. The van der Waals surface area contributed by atoms with Gasteiger partial charge >= 0.3 is 0 Å². The molecule has 26 heavy (non-hydrogen) atoms. The molecule has 0 spiro atoms. The molecular weight excluding hydrogens is 326 g/mol. The lowest BCUT2D eigenvalue weighted by Gasteiger charge is -2.14. The zero-order valence-corrected chi connectivity index (χ0v) is 15.1.